The average Bonchev–Trinajstić information content (AvgIpc) is 3.53. The van der Waals surface area contributed by atoms with Gasteiger partial charge in [-0.05, 0) is 48.0 Å². The molecule has 3 amide bonds. The van der Waals surface area contributed by atoms with Gasteiger partial charge in [0.05, 0.1) is 27.8 Å². The number of carbonyl (C=O) groups excluding carboxylic acids is 3. The van der Waals surface area contributed by atoms with E-state index in [1.54, 1.807) is 5.32 Å². The molecule has 0 spiro atoms. The number of hydrogen-bond acceptors (Lipinski definition) is 4. The van der Waals surface area contributed by atoms with Crippen molar-refractivity contribution >= 4 is 69.6 Å². The molecule has 7 nitrogen and oxygen atoms in total. The highest BCUT2D eigenvalue weighted by Crippen LogP contribution is 2.65. The first-order valence-corrected chi connectivity index (χ1v) is 13.5. The standard InChI is InChI=1S/C27H15Cl3F9N3O4/c28-14-3-2-11(40-24(45)20-19(25(20,29)30)10-1-4-15(31)13(7-10)26(34,35)36)8-12(14)23(44)41-17-6-5-16(32)22(21(17)33)42-18(43)9-46-27(37,38)39/h1-8,19-20H,9H2,(H,40,45)(H,41,44)(H,42,43)/t19-,20+/m0/s1. The third-order valence-electron chi connectivity index (χ3n) is 6.44. The molecule has 2 atom stereocenters. The van der Waals surface area contributed by atoms with Crippen LogP contribution in [0, 0.1) is 23.4 Å². The third-order valence-corrected chi connectivity index (χ3v) is 7.71. The van der Waals surface area contributed by atoms with Gasteiger partial charge < -0.3 is 16.0 Å². The normalized spacial score (nSPS) is 17.3. The van der Waals surface area contributed by atoms with Crippen LogP contribution in [-0.2, 0) is 20.5 Å². The Morgan fingerprint density at radius 2 is 1.50 bits per heavy atom. The Hall–Kier alpha value is -3.73. The molecule has 46 heavy (non-hydrogen) atoms. The summed E-state index contributed by atoms with van der Waals surface area (Å²) in [5.74, 6) is -10.6. The van der Waals surface area contributed by atoms with Crippen molar-refractivity contribution in [2.24, 2.45) is 5.92 Å². The first-order valence-electron chi connectivity index (χ1n) is 12.4. The number of carbonyl (C=O) groups is 3. The van der Waals surface area contributed by atoms with Crippen molar-refractivity contribution in [2.75, 3.05) is 22.6 Å². The molecule has 4 rings (SSSR count). The fourth-order valence-electron chi connectivity index (χ4n) is 4.29. The van der Waals surface area contributed by atoms with Crippen LogP contribution < -0.4 is 16.0 Å². The Morgan fingerprint density at radius 3 is 2.13 bits per heavy atom. The van der Waals surface area contributed by atoms with E-state index >= 15 is 0 Å². The summed E-state index contributed by atoms with van der Waals surface area (Å²) >= 11 is 18.4. The Kier molecular flexibility index (Phi) is 9.79. The molecule has 0 unspecified atom stereocenters. The molecular formula is C27H15Cl3F9N3O4. The Balaban J connectivity index is 1.49. The van der Waals surface area contributed by atoms with Gasteiger partial charge in [0.25, 0.3) is 11.8 Å². The zero-order chi connectivity index (χ0) is 34.4. The quantitative estimate of drug-likeness (QED) is 0.162. The number of hydrogen-bond donors (Lipinski definition) is 3. The van der Waals surface area contributed by atoms with E-state index in [0.717, 1.165) is 24.3 Å². The second-order valence-corrected chi connectivity index (χ2v) is 11.4. The van der Waals surface area contributed by atoms with Gasteiger partial charge in [0.1, 0.15) is 28.3 Å². The molecule has 0 bridgehead atoms. The van der Waals surface area contributed by atoms with Crippen LogP contribution in [0.2, 0.25) is 5.02 Å². The van der Waals surface area contributed by atoms with E-state index < -0.39 is 93.0 Å². The van der Waals surface area contributed by atoms with Gasteiger partial charge in [0, 0.05) is 11.6 Å². The van der Waals surface area contributed by atoms with Gasteiger partial charge in [-0.2, -0.15) is 13.2 Å². The van der Waals surface area contributed by atoms with Gasteiger partial charge in [-0.15, -0.1) is 36.4 Å². The molecule has 3 aromatic carbocycles. The molecule has 1 aliphatic carbocycles. The molecule has 0 aromatic heterocycles. The summed E-state index contributed by atoms with van der Waals surface area (Å²) in [7, 11) is 0. The molecule has 1 aliphatic rings. The Bertz CT molecular complexity index is 1720. The largest absolute Gasteiger partial charge is 0.523 e. The maximum absolute atomic E-state index is 14.9. The van der Waals surface area contributed by atoms with Crippen LogP contribution in [0.1, 0.15) is 27.4 Å². The van der Waals surface area contributed by atoms with E-state index in [-0.39, 0.29) is 16.3 Å². The van der Waals surface area contributed by atoms with Crippen LogP contribution in [0.5, 0.6) is 0 Å². The van der Waals surface area contributed by atoms with Gasteiger partial charge in [-0.1, -0.05) is 17.7 Å². The first kappa shape index (κ1) is 35.1. The Morgan fingerprint density at radius 1 is 0.848 bits per heavy atom. The molecule has 3 N–H and O–H groups in total. The predicted octanol–water partition coefficient (Wildman–Crippen LogP) is 8.03. The summed E-state index contributed by atoms with van der Waals surface area (Å²) in [4.78, 5) is 37.6. The summed E-state index contributed by atoms with van der Waals surface area (Å²) in [5, 5.41) is 5.73. The van der Waals surface area contributed by atoms with E-state index in [1.807, 2.05) is 5.32 Å². The van der Waals surface area contributed by atoms with E-state index in [0.29, 0.717) is 18.2 Å². The second kappa shape index (κ2) is 12.8. The van der Waals surface area contributed by atoms with Crippen molar-refractivity contribution < 1.29 is 58.6 Å². The van der Waals surface area contributed by atoms with Crippen molar-refractivity contribution in [3.8, 4) is 0 Å². The molecular weight excluding hydrogens is 708 g/mol. The van der Waals surface area contributed by atoms with Crippen LogP contribution in [0.4, 0.5) is 56.6 Å². The van der Waals surface area contributed by atoms with Crippen molar-refractivity contribution in [1.29, 1.82) is 0 Å². The van der Waals surface area contributed by atoms with Crippen LogP contribution in [0.3, 0.4) is 0 Å². The SMILES string of the molecule is O=C(COC(F)(F)F)Nc1c(F)ccc(NC(=O)c2cc(NC(=O)[C@H]3[C@H](c4ccc(F)c(C(F)(F)F)c4)C3(Cl)Cl)ccc2Cl)c1F. The minimum atomic E-state index is -5.20. The second-order valence-electron chi connectivity index (χ2n) is 9.57. The molecule has 19 heteroatoms. The highest BCUT2D eigenvalue weighted by molar-refractivity contribution is 6.53. The number of amides is 3. The lowest BCUT2D eigenvalue weighted by Gasteiger charge is -2.14. The summed E-state index contributed by atoms with van der Waals surface area (Å²) in [6.45, 7) is -1.62. The number of halogens is 12. The molecule has 1 fully saturated rings. The van der Waals surface area contributed by atoms with Crippen molar-refractivity contribution in [2.45, 2.75) is 22.8 Å². The van der Waals surface area contributed by atoms with E-state index in [4.69, 9.17) is 34.8 Å². The number of anilines is 3. The van der Waals surface area contributed by atoms with E-state index in [9.17, 15) is 53.9 Å². The minimum Gasteiger partial charge on any atom is -0.326 e. The van der Waals surface area contributed by atoms with E-state index in [1.165, 1.54) is 6.07 Å². The zero-order valence-electron chi connectivity index (χ0n) is 22.1. The molecule has 3 aromatic rings. The van der Waals surface area contributed by atoms with Crippen molar-refractivity contribution in [3.63, 3.8) is 0 Å². The third kappa shape index (κ3) is 7.79. The first-order chi connectivity index (χ1) is 21.2. The van der Waals surface area contributed by atoms with Gasteiger partial charge in [0.15, 0.2) is 5.82 Å². The predicted molar refractivity (Wildman–Crippen MR) is 147 cm³/mol. The molecule has 246 valence electrons. The fourth-order valence-corrected chi connectivity index (χ4v) is 5.33. The van der Waals surface area contributed by atoms with Crippen LogP contribution in [0.25, 0.3) is 0 Å². The Labute approximate surface area is 266 Å². The number of alkyl halides is 8. The van der Waals surface area contributed by atoms with Gasteiger partial charge in [-0.25, -0.2) is 13.2 Å². The topological polar surface area (TPSA) is 96.5 Å². The van der Waals surface area contributed by atoms with Gasteiger partial charge in [-0.3, -0.25) is 19.1 Å². The zero-order valence-corrected chi connectivity index (χ0v) is 24.4. The number of nitrogens with one attached hydrogen (secondary N) is 3. The van der Waals surface area contributed by atoms with Crippen LogP contribution in [0.15, 0.2) is 48.5 Å². The minimum absolute atomic E-state index is 0.110. The lowest BCUT2D eigenvalue weighted by atomic mass is 10.0. The lowest BCUT2D eigenvalue weighted by molar-refractivity contribution is -0.320. The molecule has 0 aliphatic heterocycles. The van der Waals surface area contributed by atoms with Crippen LogP contribution >= 0.6 is 34.8 Å². The number of ether oxygens (including phenoxy) is 1. The van der Waals surface area contributed by atoms with E-state index in [2.05, 4.69) is 10.1 Å². The molecule has 1 saturated carbocycles. The highest BCUT2D eigenvalue weighted by atomic mass is 35.5. The molecule has 0 saturated heterocycles. The highest BCUT2D eigenvalue weighted by Gasteiger charge is 2.67. The number of benzene rings is 3. The van der Waals surface area contributed by atoms with Crippen LogP contribution in [-0.4, -0.2) is 35.0 Å². The fraction of sp³-hybridized carbons (Fsp3) is 0.222. The van der Waals surface area contributed by atoms with Crippen molar-refractivity contribution in [1.82, 2.24) is 0 Å². The monoisotopic (exact) mass is 721 g/mol. The molecule has 0 heterocycles. The number of rotatable bonds is 8. The summed E-state index contributed by atoms with van der Waals surface area (Å²) in [6.07, 6.45) is -10.2. The molecule has 0 radical (unpaired) electrons. The average molecular weight is 723 g/mol. The maximum atomic E-state index is 14.9. The van der Waals surface area contributed by atoms with Gasteiger partial charge >= 0.3 is 12.5 Å². The summed E-state index contributed by atoms with van der Waals surface area (Å²) in [6, 6.07) is 6.72. The summed E-state index contributed by atoms with van der Waals surface area (Å²) in [5.41, 5.74) is -4.20. The maximum Gasteiger partial charge on any atom is 0.523 e. The lowest BCUT2D eigenvalue weighted by Crippen LogP contribution is -2.25. The van der Waals surface area contributed by atoms with Crippen molar-refractivity contribution in [3.05, 3.63) is 87.7 Å². The van der Waals surface area contributed by atoms with Gasteiger partial charge in [0.2, 0.25) is 5.91 Å². The summed E-state index contributed by atoms with van der Waals surface area (Å²) < 4.78 is 120. The smallest absolute Gasteiger partial charge is 0.326 e.